The van der Waals surface area contributed by atoms with Crippen LogP contribution in [0.15, 0.2) is 12.2 Å². The number of amides is 2. The minimum absolute atomic E-state index is 0.0232. The molecule has 0 radical (unpaired) electrons. The summed E-state index contributed by atoms with van der Waals surface area (Å²) in [4.78, 5) is 25.8. The highest BCUT2D eigenvalue weighted by Gasteiger charge is 2.69. The predicted octanol–water partition coefficient (Wildman–Crippen LogP) is 2.52. The maximum Gasteiger partial charge on any atom is 0.256 e. The summed E-state index contributed by atoms with van der Waals surface area (Å²) in [5.41, 5.74) is 0.390. The third-order valence-electron chi connectivity index (χ3n) is 6.33. The minimum atomic E-state index is -0.127. The van der Waals surface area contributed by atoms with Crippen molar-refractivity contribution in [2.24, 2.45) is 23.7 Å². The quantitative estimate of drug-likeness (QED) is 0.536. The van der Waals surface area contributed by atoms with Gasteiger partial charge in [0, 0.05) is 5.57 Å². The van der Waals surface area contributed by atoms with Crippen molar-refractivity contribution >= 4 is 11.8 Å². The van der Waals surface area contributed by atoms with Crippen molar-refractivity contribution in [1.29, 1.82) is 0 Å². The van der Waals surface area contributed by atoms with E-state index in [1.54, 1.807) is 11.8 Å². The Bertz CT molecular complexity index is 497. The molecule has 4 fully saturated rings. The van der Waals surface area contributed by atoms with Crippen LogP contribution in [0.5, 0.6) is 0 Å². The molecule has 5 unspecified atom stereocenters. The Kier molecular flexibility index (Phi) is 2.15. The van der Waals surface area contributed by atoms with Crippen molar-refractivity contribution in [3.8, 4) is 0 Å². The van der Waals surface area contributed by atoms with Gasteiger partial charge in [0.1, 0.15) is 0 Å². The van der Waals surface area contributed by atoms with E-state index in [9.17, 15) is 9.59 Å². The van der Waals surface area contributed by atoms with Crippen LogP contribution in [0, 0.1) is 23.7 Å². The fourth-order valence-corrected chi connectivity index (χ4v) is 5.78. The van der Waals surface area contributed by atoms with Gasteiger partial charge in [-0.25, -0.2) is 0 Å². The summed E-state index contributed by atoms with van der Waals surface area (Å²) in [6, 6.07) is 0. The molecule has 19 heavy (non-hydrogen) atoms. The zero-order chi connectivity index (χ0) is 13.4. The number of fused-ring (bicyclic) bond motifs is 6. The predicted molar refractivity (Wildman–Crippen MR) is 71.1 cm³/mol. The van der Waals surface area contributed by atoms with Gasteiger partial charge in [-0.1, -0.05) is 13.0 Å². The van der Waals surface area contributed by atoms with Gasteiger partial charge in [-0.2, -0.15) is 0 Å². The van der Waals surface area contributed by atoms with E-state index in [1.165, 1.54) is 25.7 Å². The van der Waals surface area contributed by atoms with Gasteiger partial charge in [-0.3, -0.25) is 14.5 Å². The summed E-state index contributed by atoms with van der Waals surface area (Å²) in [5.74, 6) is 2.94. The summed E-state index contributed by atoms with van der Waals surface area (Å²) in [5, 5.41) is 0. The summed E-state index contributed by atoms with van der Waals surface area (Å²) in [6.07, 6.45) is 6.98. The number of rotatable bonds is 1. The third-order valence-corrected chi connectivity index (χ3v) is 6.33. The van der Waals surface area contributed by atoms with Crippen molar-refractivity contribution in [2.45, 2.75) is 51.0 Å². The third kappa shape index (κ3) is 1.24. The number of carbonyl (C=O) groups excluding carboxylic acids is 2. The maximum absolute atomic E-state index is 12.3. The molecule has 4 rings (SSSR count). The topological polar surface area (TPSA) is 37.4 Å². The first-order valence-electron chi connectivity index (χ1n) is 7.57. The van der Waals surface area contributed by atoms with Crippen LogP contribution in [0.2, 0.25) is 0 Å². The van der Waals surface area contributed by atoms with E-state index in [0.717, 1.165) is 24.2 Å². The molecule has 0 aromatic rings. The molecule has 3 aliphatic carbocycles. The largest absolute Gasteiger partial charge is 0.274 e. The summed E-state index contributed by atoms with van der Waals surface area (Å²) in [6.45, 7) is 5.45. The number of hydrogen-bond acceptors (Lipinski definition) is 2. The smallest absolute Gasteiger partial charge is 0.256 e. The highest BCUT2D eigenvalue weighted by molar-refractivity contribution is 6.08. The fraction of sp³-hybridized carbons (Fsp3) is 0.750. The number of likely N-dealkylation sites (tertiary alicyclic amines) is 1. The van der Waals surface area contributed by atoms with E-state index in [2.05, 4.69) is 6.58 Å². The standard InChI is InChI=1S/C16H21NO2/c1-9(2)15(19)17-14(18)8-16(17)7-10-6-13(16)12-5-3-4-11(10)12/h10-13H,1,3-8H2,2H3. The van der Waals surface area contributed by atoms with Gasteiger partial charge in [0.25, 0.3) is 5.91 Å². The normalized spacial score (nSPS) is 46.6. The van der Waals surface area contributed by atoms with E-state index >= 15 is 0 Å². The lowest BCUT2D eigenvalue weighted by molar-refractivity contribution is -0.173. The van der Waals surface area contributed by atoms with Gasteiger partial charge in [0.2, 0.25) is 5.91 Å². The molecule has 0 aromatic heterocycles. The van der Waals surface area contributed by atoms with Gasteiger partial charge in [-0.05, 0) is 56.3 Å². The van der Waals surface area contributed by atoms with E-state index in [1.807, 2.05) is 0 Å². The minimum Gasteiger partial charge on any atom is -0.274 e. The molecular formula is C16H21NO2. The van der Waals surface area contributed by atoms with Crippen LogP contribution in [0.25, 0.3) is 0 Å². The molecule has 3 heteroatoms. The lowest BCUT2D eigenvalue weighted by Gasteiger charge is -2.55. The molecule has 2 bridgehead atoms. The summed E-state index contributed by atoms with van der Waals surface area (Å²) in [7, 11) is 0. The van der Waals surface area contributed by atoms with E-state index < -0.39 is 0 Å². The SMILES string of the molecule is C=C(C)C(=O)N1C(=O)CC12CC1CC2C2CCCC12. The average Bonchev–Trinajstić information content (AvgIpc) is 2.97. The number of nitrogens with zero attached hydrogens (tertiary/aromatic N) is 1. The second kappa shape index (κ2) is 3.50. The number of β-lactam (4-membered cyclic amide) rings is 1. The van der Waals surface area contributed by atoms with Crippen molar-refractivity contribution in [1.82, 2.24) is 4.90 Å². The van der Waals surface area contributed by atoms with E-state index in [4.69, 9.17) is 0 Å². The van der Waals surface area contributed by atoms with Crippen LogP contribution in [0.3, 0.4) is 0 Å². The fourth-order valence-electron chi connectivity index (χ4n) is 5.78. The Morgan fingerprint density at radius 2 is 2.11 bits per heavy atom. The van der Waals surface area contributed by atoms with Crippen LogP contribution < -0.4 is 0 Å². The molecule has 4 aliphatic rings. The maximum atomic E-state index is 12.3. The Morgan fingerprint density at radius 3 is 2.79 bits per heavy atom. The molecule has 102 valence electrons. The highest BCUT2D eigenvalue weighted by atomic mass is 16.2. The van der Waals surface area contributed by atoms with Crippen molar-refractivity contribution in [3.63, 3.8) is 0 Å². The van der Waals surface area contributed by atoms with Crippen molar-refractivity contribution in [2.75, 3.05) is 0 Å². The van der Waals surface area contributed by atoms with Crippen LogP contribution in [0.4, 0.5) is 0 Å². The van der Waals surface area contributed by atoms with Crippen LogP contribution in [-0.4, -0.2) is 22.3 Å². The number of hydrogen-bond donors (Lipinski definition) is 0. The molecular weight excluding hydrogens is 238 g/mol. The Balaban J connectivity index is 1.67. The second-order valence-corrected chi connectivity index (χ2v) is 7.16. The molecule has 3 saturated carbocycles. The van der Waals surface area contributed by atoms with Gasteiger partial charge in [0.05, 0.1) is 12.0 Å². The lowest BCUT2D eigenvalue weighted by atomic mass is 9.64. The van der Waals surface area contributed by atoms with Gasteiger partial charge < -0.3 is 0 Å². The molecule has 5 atom stereocenters. The number of imide groups is 1. The van der Waals surface area contributed by atoms with Gasteiger partial charge in [-0.15, -0.1) is 0 Å². The van der Waals surface area contributed by atoms with Crippen molar-refractivity contribution < 1.29 is 9.59 Å². The van der Waals surface area contributed by atoms with Crippen LogP contribution in [-0.2, 0) is 9.59 Å². The van der Waals surface area contributed by atoms with Crippen LogP contribution >= 0.6 is 0 Å². The molecule has 1 heterocycles. The van der Waals surface area contributed by atoms with Crippen LogP contribution in [0.1, 0.15) is 45.4 Å². The molecule has 2 amide bonds. The summed E-state index contributed by atoms with van der Waals surface area (Å²) < 4.78 is 0. The Morgan fingerprint density at radius 1 is 1.37 bits per heavy atom. The first-order valence-corrected chi connectivity index (χ1v) is 7.57. The van der Waals surface area contributed by atoms with E-state index in [-0.39, 0.29) is 17.4 Å². The molecule has 1 spiro atoms. The molecule has 1 aliphatic heterocycles. The average molecular weight is 259 g/mol. The highest BCUT2D eigenvalue weighted by Crippen LogP contribution is 2.67. The molecule has 0 N–H and O–H groups in total. The number of carbonyl (C=O) groups is 2. The Hall–Kier alpha value is -1.12. The molecule has 3 nitrogen and oxygen atoms in total. The van der Waals surface area contributed by atoms with Gasteiger partial charge in [0.15, 0.2) is 0 Å². The monoisotopic (exact) mass is 259 g/mol. The van der Waals surface area contributed by atoms with Gasteiger partial charge >= 0.3 is 0 Å². The second-order valence-electron chi connectivity index (χ2n) is 7.16. The molecule has 1 saturated heterocycles. The first-order chi connectivity index (χ1) is 9.04. The lowest BCUT2D eigenvalue weighted by Crippen LogP contribution is -2.69. The zero-order valence-corrected chi connectivity index (χ0v) is 11.5. The Labute approximate surface area is 114 Å². The zero-order valence-electron chi connectivity index (χ0n) is 11.5. The first kappa shape index (κ1) is 11.7. The van der Waals surface area contributed by atoms with Crippen molar-refractivity contribution in [3.05, 3.63) is 12.2 Å². The van der Waals surface area contributed by atoms with E-state index in [0.29, 0.717) is 17.9 Å². The molecule has 0 aromatic carbocycles. The summed E-state index contributed by atoms with van der Waals surface area (Å²) >= 11 is 0.